The van der Waals surface area contributed by atoms with Gasteiger partial charge in [-0.3, -0.25) is 0 Å². The van der Waals surface area contributed by atoms with Gasteiger partial charge in [0, 0.05) is 0 Å². The fourth-order valence-electron chi connectivity index (χ4n) is 3.54. The predicted octanol–water partition coefficient (Wildman–Crippen LogP) is 8.10. The Morgan fingerprint density at radius 2 is 1.15 bits per heavy atom. The van der Waals surface area contributed by atoms with Crippen LogP contribution in [0.4, 0.5) is 0 Å². The number of unbranched alkanes of at least 4 members (excludes halogenated alkanes) is 11. The highest BCUT2D eigenvalue weighted by molar-refractivity contribution is 5.89. The lowest BCUT2D eigenvalue weighted by molar-refractivity contribution is 0.0249. The van der Waals surface area contributed by atoms with Crippen LogP contribution in [0, 0.1) is 0 Å². The molecule has 0 spiro atoms. The van der Waals surface area contributed by atoms with Gasteiger partial charge in [-0.2, -0.15) is 0 Å². The minimum absolute atomic E-state index is 0.0829. The van der Waals surface area contributed by atoms with Crippen molar-refractivity contribution in [3.05, 3.63) is 35.9 Å². The van der Waals surface area contributed by atoms with Crippen LogP contribution in [0.2, 0.25) is 0 Å². The Morgan fingerprint density at radius 3 is 1.63 bits per heavy atom. The third-order valence-corrected chi connectivity index (χ3v) is 5.29. The number of ether oxygens (including phenoxy) is 1. The molecule has 0 aliphatic carbocycles. The monoisotopic (exact) mass is 374 g/mol. The molecule has 0 aliphatic rings. The Morgan fingerprint density at radius 1 is 0.704 bits per heavy atom. The molecule has 0 aliphatic heterocycles. The molecule has 1 atom stereocenters. The number of carbonyl (C=O) groups is 1. The fraction of sp³-hybridized carbons (Fsp3) is 0.720. The Hall–Kier alpha value is -1.31. The molecule has 2 nitrogen and oxygen atoms in total. The molecule has 1 aromatic rings. The van der Waals surface area contributed by atoms with Crippen molar-refractivity contribution in [1.29, 1.82) is 0 Å². The summed E-state index contributed by atoms with van der Waals surface area (Å²) >= 11 is 0. The summed E-state index contributed by atoms with van der Waals surface area (Å²) in [4.78, 5) is 12.4. The Balaban J connectivity index is 2.33. The second kappa shape index (κ2) is 16.8. The predicted molar refractivity (Wildman–Crippen MR) is 116 cm³/mol. The Kier molecular flexibility index (Phi) is 14.8. The molecule has 0 saturated carbocycles. The molecule has 0 aromatic heterocycles. The number of esters is 1. The van der Waals surface area contributed by atoms with Crippen molar-refractivity contribution in [2.24, 2.45) is 0 Å². The van der Waals surface area contributed by atoms with Gasteiger partial charge in [-0.15, -0.1) is 0 Å². The van der Waals surface area contributed by atoms with E-state index in [1.165, 1.54) is 83.5 Å². The molecular formula is C25H42O2. The third-order valence-electron chi connectivity index (χ3n) is 5.29. The van der Waals surface area contributed by atoms with Crippen molar-refractivity contribution in [2.45, 2.75) is 116 Å². The molecule has 1 unspecified atom stereocenters. The zero-order valence-electron chi connectivity index (χ0n) is 17.9. The van der Waals surface area contributed by atoms with Crippen LogP contribution in [0.3, 0.4) is 0 Å². The average molecular weight is 375 g/mol. The van der Waals surface area contributed by atoms with Crippen molar-refractivity contribution in [3.63, 3.8) is 0 Å². The van der Waals surface area contributed by atoms with E-state index in [1.807, 2.05) is 30.3 Å². The van der Waals surface area contributed by atoms with Crippen molar-refractivity contribution in [3.8, 4) is 0 Å². The number of benzene rings is 1. The molecule has 154 valence electrons. The van der Waals surface area contributed by atoms with Crippen LogP contribution in [0.15, 0.2) is 30.3 Å². The topological polar surface area (TPSA) is 26.3 Å². The van der Waals surface area contributed by atoms with Crippen molar-refractivity contribution >= 4 is 5.97 Å². The Labute approximate surface area is 168 Å². The highest BCUT2D eigenvalue weighted by Crippen LogP contribution is 2.18. The maximum Gasteiger partial charge on any atom is 0.338 e. The van der Waals surface area contributed by atoms with Gasteiger partial charge in [0.1, 0.15) is 6.10 Å². The number of hydrogen-bond acceptors (Lipinski definition) is 2. The molecular weight excluding hydrogens is 332 g/mol. The van der Waals surface area contributed by atoms with E-state index in [9.17, 15) is 4.79 Å². The van der Waals surface area contributed by atoms with E-state index in [-0.39, 0.29) is 12.1 Å². The lowest BCUT2D eigenvalue weighted by Gasteiger charge is -2.18. The molecule has 1 rings (SSSR count). The normalized spacial score (nSPS) is 12.1. The maximum atomic E-state index is 12.4. The van der Waals surface area contributed by atoms with Crippen LogP contribution >= 0.6 is 0 Å². The summed E-state index contributed by atoms with van der Waals surface area (Å²) in [6.07, 6.45) is 18.9. The van der Waals surface area contributed by atoms with E-state index in [0.717, 1.165) is 12.8 Å². The van der Waals surface area contributed by atoms with Crippen LogP contribution in [-0.4, -0.2) is 12.1 Å². The van der Waals surface area contributed by atoms with E-state index in [0.29, 0.717) is 5.56 Å². The summed E-state index contributed by atoms with van der Waals surface area (Å²) in [5, 5.41) is 0. The maximum absolute atomic E-state index is 12.4. The van der Waals surface area contributed by atoms with Crippen molar-refractivity contribution in [2.75, 3.05) is 0 Å². The van der Waals surface area contributed by atoms with E-state index in [1.54, 1.807) is 0 Å². The number of hydrogen-bond donors (Lipinski definition) is 0. The lowest BCUT2D eigenvalue weighted by atomic mass is 10.0. The molecule has 0 N–H and O–H groups in total. The first-order valence-electron chi connectivity index (χ1n) is 11.5. The van der Waals surface area contributed by atoms with E-state index < -0.39 is 0 Å². The van der Waals surface area contributed by atoms with E-state index >= 15 is 0 Å². The molecule has 27 heavy (non-hydrogen) atoms. The fourth-order valence-corrected chi connectivity index (χ4v) is 3.54. The minimum Gasteiger partial charge on any atom is -0.459 e. The third kappa shape index (κ3) is 12.7. The van der Waals surface area contributed by atoms with Gasteiger partial charge < -0.3 is 4.74 Å². The molecule has 0 radical (unpaired) electrons. The zero-order chi connectivity index (χ0) is 19.6. The van der Waals surface area contributed by atoms with Crippen LogP contribution in [-0.2, 0) is 4.74 Å². The van der Waals surface area contributed by atoms with Crippen LogP contribution in [0.25, 0.3) is 0 Å². The smallest absolute Gasteiger partial charge is 0.338 e. The van der Waals surface area contributed by atoms with E-state index in [2.05, 4.69) is 13.8 Å². The first-order valence-corrected chi connectivity index (χ1v) is 11.5. The standard InChI is InChI=1S/C25H42O2/c1-3-5-7-9-11-13-18-22-24(21-17-12-10-8-6-4-2)27-25(26)23-19-15-14-16-20-23/h14-16,19-20,24H,3-13,17-18,21-22H2,1-2H3. The summed E-state index contributed by atoms with van der Waals surface area (Å²) in [6, 6.07) is 9.42. The van der Waals surface area contributed by atoms with Gasteiger partial charge in [0.2, 0.25) is 0 Å². The molecule has 0 amide bonds. The second-order valence-corrected chi connectivity index (χ2v) is 7.86. The van der Waals surface area contributed by atoms with Gasteiger partial charge in [-0.25, -0.2) is 4.79 Å². The van der Waals surface area contributed by atoms with Gasteiger partial charge in [0.05, 0.1) is 5.56 Å². The number of carbonyl (C=O) groups excluding carboxylic acids is 1. The lowest BCUT2D eigenvalue weighted by Crippen LogP contribution is -2.18. The first kappa shape index (κ1) is 23.7. The van der Waals surface area contributed by atoms with Gasteiger partial charge in [0.25, 0.3) is 0 Å². The quantitative estimate of drug-likeness (QED) is 0.203. The zero-order valence-corrected chi connectivity index (χ0v) is 17.9. The van der Waals surface area contributed by atoms with Crippen LogP contribution in [0.5, 0.6) is 0 Å². The van der Waals surface area contributed by atoms with E-state index in [4.69, 9.17) is 4.74 Å². The van der Waals surface area contributed by atoms with Crippen molar-refractivity contribution in [1.82, 2.24) is 0 Å². The summed E-state index contributed by atoms with van der Waals surface area (Å²) < 4.78 is 5.87. The summed E-state index contributed by atoms with van der Waals surface area (Å²) in [6.45, 7) is 4.51. The summed E-state index contributed by atoms with van der Waals surface area (Å²) in [7, 11) is 0. The van der Waals surface area contributed by atoms with Crippen molar-refractivity contribution < 1.29 is 9.53 Å². The molecule has 0 saturated heterocycles. The van der Waals surface area contributed by atoms with Gasteiger partial charge in [0.15, 0.2) is 0 Å². The average Bonchev–Trinajstić information content (AvgIpc) is 2.70. The van der Waals surface area contributed by atoms with Gasteiger partial charge >= 0.3 is 5.97 Å². The molecule has 0 bridgehead atoms. The molecule has 0 fully saturated rings. The van der Waals surface area contributed by atoms with Crippen LogP contribution < -0.4 is 0 Å². The molecule has 2 heteroatoms. The Bertz CT molecular complexity index is 455. The van der Waals surface area contributed by atoms with Gasteiger partial charge in [-0.05, 0) is 37.8 Å². The molecule has 0 heterocycles. The minimum atomic E-state index is -0.158. The molecule has 1 aromatic carbocycles. The SMILES string of the molecule is CCCCCCCCCC(CCCCCCCC)OC(=O)c1ccccc1. The second-order valence-electron chi connectivity index (χ2n) is 7.86. The largest absolute Gasteiger partial charge is 0.459 e. The van der Waals surface area contributed by atoms with Gasteiger partial charge in [-0.1, -0.05) is 103 Å². The summed E-state index contributed by atoms with van der Waals surface area (Å²) in [5.41, 5.74) is 0.671. The number of rotatable bonds is 17. The van der Waals surface area contributed by atoms with Crippen LogP contribution in [0.1, 0.15) is 121 Å². The first-order chi connectivity index (χ1) is 13.3. The highest BCUT2D eigenvalue weighted by Gasteiger charge is 2.15. The highest BCUT2D eigenvalue weighted by atomic mass is 16.5. The summed E-state index contributed by atoms with van der Waals surface area (Å²) in [5.74, 6) is -0.158.